The number of primary amides is 1. The molecule has 0 atom stereocenters. The Morgan fingerprint density at radius 2 is 2.05 bits per heavy atom. The average Bonchev–Trinajstić information content (AvgIpc) is 2.37. The first kappa shape index (κ1) is 15.2. The molecule has 0 aliphatic heterocycles. The van der Waals surface area contributed by atoms with Crippen LogP contribution in [0.4, 0.5) is 5.69 Å². The fraction of sp³-hybridized carbons (Fsp3) is 0.429. The predicted octanol–water partition coefficient (Wildman–Crippen LogP) is 1.85. The molecule has 1 aromatic carbocycles. The first-order valence-electron chi connectivity index (χ1n) is 6.24. The van der Waals surface area contributed by atoms with Gasteiger partial charge in [0.05, 0.1) is 0 Å². The molecule has 0 saturated heterocycles. The van der Waals surface area contributed by atoms with Gasteiger partial charge in [0.2, 0.25) is 11.8 Å². The molecular formula is C14H20N2O3. The number of unbranched alkanes of at least 4 members (excludes halogenated alkanes) is 1. The van der Waals surface area contributed by atoms with Crippen molar-refractivity contribution in [3.05, 3.63) is 29.3 Å². The lowest BCUT2D eigenvalue weighted by atomic mass is 10.1. The van der Waals surface area contributed by atoms with Crippen LogP contribution in [-0.4, -0.2) is 25.5 Å². The summed E-state index contributed by atoms with van der Waals surface area (Å²) in [6, 6.07) is 5.11. The number of benzene rings is 1. The van der Waals surface area contributed by atoms with Gasteiger partial charge in [-0.1, -0.05) is 6.07 Å². The number of rotatable bonds is 7. The van der Waals surface area contributed by atoms with Crippen LogP contribution < -0.4 is 11.1 Å². The minimum atomic E-state index is -0.492. The Morgan fingerprint density at radius 1 is 1.32 bits per heavy atom. The van der Waals surface area contributed by atoms with Crippen LogP contribution in [0.3, 0.4) is 0 Å². The number of nitrogens with two attached hydrogens (primary N) is 1. The molecule has 0 radical (unpaired) electrons. The lowest BCUT2D eigenvalue weighted by Crippen LogP contribution is -2.16. The summed E-state index contributed by atoms with van der Waals surface area (Å²) in [6.45, 7) is 2.42. The largest absolute Gasteiger partial charge is 0.385 e. The van der Waals surface area contributed by atoms with E-state index in [4.69, 9.17) is 10.5 Å². The van der Waals surface area contributed by atoms with E-state index in [1.165, 1.54) is 0 Å². The van der Waals surface area contributed by atoms with Crippen molar-refractivity contribution in [2.24, 2.45) is 5.73 Å². The van der Waals surface area contributed by atoms with Gasteiger partial charge in [-0.25, -0.2) is 0 Å². The lowest BCUT2D eigenvalue weighted by Gasteiger charge is -2.10. The molecule has 1 rings (SSSR count). The lowest BCUT2D eigenvalue weighted by molar-refractivity contribution is -0.116. The summed E-state index contributed by atoms with van der Waals surface area (Å²) >= 11 is 0. The molecule has 0 fully saturated rings. The standard InChI is InChI=1S/C14H20N2O3/c1-10-11(14(15)18)6-5-7-12(10)16-13(17)8-3-4-9-19-2/h5-7H,3-4,8-9H2,1-2H3,(H2,15,18)(H,16,17). The van der Waals surface area contributed by atoms with Gasteiger partial charge >= 0.3 is 0 Å². The van der Waals surface area contributed by atoms with Gasteiger partial charge in [-0.15, -0.1) is 0 Å². The van der Waals surface area contributed by atoms with Crippen LogP contribution >= 0.6 is 0 Å². The van der Waals surface area contributed by atoms with Crippen molar-refractivity contribution in [1.82, 2.24) is 0 Å². The maximum absolute atomic E-state index is 11.7. The summed E-state index contributed by atoms with van der Waals surface area (Å²) < 4.78 is 4.92. The van der Waals surface area contributed by atoms with Gasteiger partial charge < -0.3 is 15.8 Å². The number of nitrogens with one attached hydrogen (secondary N) is 1. The van der Waals surface area contributed by atoms with Crippen LogP contribution in [0.2, 0.25) is 0 Å². The third-order valence-corrected chi connectivity index (χ3v) is 2.88. The minimum absolute atomic E-state index is 0.0687. The van der Waals surface area contributed by atoms with E-state index in [1.807, 2.05) is 0 Å². The Balaban J connectivity index is 2.59. The molecule has 0 aliphatic rings. The zero-order valence-electron chi connectivity index (χ0n) is 11.4. The first-order valence-corrected chi connectivity index (χ1v) is 6.24. The molecule has 0 unspecified atom stereocenters. The Hall–Kier alpha value is -1.88. The van der Waals surface area contributed by atoms with Crippen molar-refractivity contribution < 1.29 is 14.3 Å². The summed E-state index contributed by atoms with van der Waals surface area (Å²) in [6.07, 6.45) is 2.06. The average molecular weight is 264 g/mol. The van der Waals surface area contributed by atoms with Crippen LogP contribution in [-0.2, 0) is 9.53 Å². The summed E-state index contributed by atoms with van der Waals surface area (Å²) in [5, 5.41) is 2.79. The molecule has 0 aromatic heterocycles. The van der Waals surface area contributed by atoms with Crippen molar-refractivity contribution in [3.63, 3.8) is 0 Å². The smallest absolute Gasteiger partial charge is 0.249 e. The van der Waals surface area contributed by atoms with E-state index in [1.54, 1.807) is 32.2 Å². The van der Waals surface area contributed by atoms with Gasteiger partial charge in [0, 0.05) is 31.4 Å². The molecule has 0 heterocycles. The van der Waals surface area contributed by atoms with Crippen LogP contribution in [0.25, 0.3) is 0 Å². The highest BCUT2D eigenvalue weighted by Crippen LogP contribution is 2.18. The third-order valence-electron chi connectivity index (χ3n) is 2.88. The van der Waals surface area contributed by atoms with E-state index in [9.17, 15) is 9.59 Å². The number of hydrogen-bond donors (Lipinski definition) is 2. The fourth-order valence-electron chi connectivity index (χ4n) is 1.78. The van der Waals surface area contributed by atoms with E-state index in [0.717, 1.165) is 12.8 Å². The maximum Gasteiger partial charge on any atom is 0.249 e. The number of hydrogen-bond acceptors (Lipinski definition) is 3. The number of carbonyl (C=O) groups is 2. The van der Waals surface area contributed by atoms with Crippen molar-refractivity contribution in [1.29, 1.82) is 0 Å². The molecule has 1 aromatic rings. The van der Waals surface area contributed by atoms with Crippen molar-refractivity contribution >= 4 is 17.5 Å². The SMILES string of the molecule is COCCCCC(=O)Nc1cccc(C(N)=O)c1C. The maximum atomic E-state index is 11.7. The van der Waals surface area contributed by atoms with Crippen LogP contribution in [0.1, 0.15) is 35.2 Å². The second-order valence-electron chi connectivity index (χ2n) is 4.34. The van der Waals surface area contributed by atoms with E-state index < -0.39 is 5.91 Å². The van der Waals surface area contributed by atoms with E-state index >= 15 is 0 Å². The number of carbonyl (C=O) groups excluding carboxylic acids is 2. The molecule has 0 saturated carbocycles. The molecular weight excluding hydrogens is 244 g/mol. The molecule has 3 N–H and O–H groups in total. The Bertz CT molecular complexity index is 458. The molecule has 5 nitrogen and oxygen atoms in total. The highest BCUT2D eigenvalue weighted by atomic mass is 16.5. The number of anilines is 1. The van der Waals surface area contributed by atoms with Gasteiger partial charge in [0.1, 0.15) is 0 Å². The van der Waals surface area contributed by atoms with E-state index in [2.05, 4.69) is 5.32 Å². The Kier molecular flexibility index (Phi) is 6.02. The summed E-state index contributed by atoms with van der Waals surface area (Å²) in [5.41, 5.74) is 7.02. The quantitative estimate of drug-likeness (QED) is 0.737. The van der Waals surface area contributed by atoms with Crippen molar-refractivity contribution in [3.8, 4) is 0 Å². The summed E-state index contributed by atoms with van der Waals surface area (Å²) in [7, 11) is 1.64. The van der Waals surface area contributed by atoms with Crippen LogP contribution in [0, 0.1) is 6.92 Å². The number of amides is 2. The monoisotopic (exact) mass is 264 g/mol. The van der Waals surface area contributed by atoms with Gasteiger partial charge in [0.25, 0.3) is 0 Å². The van der Waals surface area contributed by atoms with Gasteiger partial charge in [-0.2, -0.15) is 0 Å². The highest BCUT2D eigenvalue weighted by Gasteiger charge is 2.10. The normalized spacial score (nSPS) is 10.2. The van der Waals surface area contributed by atoms with Crippen LogP contribution in [0.5, 0.6) is 0 Å². The second kappa shape index (κ2) is 7.53. The Labute approximate surface area is 113 Å². The Morgan fingerprint density at radius 3 is 2.68 bits per heavy atom. The molecule has 19 heavy (non-hydrogen) atoms. The minimum Gasteiger partial charge on any atom is -0.385 e. The molecule has 0 aliphatic carbocycles. The van der Waals surface area contributed by atoms with Crippen molar-refractivity contribution in [2.45, 2.75) is 26.2 Å². The molecule has 104 valence electrons. The van der Waals surface area contributed by atoms with Crippen LogP contribution in [0.15, 0.2) is 18.2 Å². The second-order valence-corrected chi connectivity index (χ2v) is 4.34. The fourth-order valence-corrected chi connectivity index (χ4v) is 1.78. The molecule has 0 spiro atoms. The molecule has 0 bridgehead atoms. The summed E-state index contributed by atoms with van der Waals surface area (Å²) in [4.78, 5) is 22.9. The zero-order valence-corrected chi connectivity index (χ0v) is 11.4. The third kappa shape index (κ3) is 4.71. The highest BCUT2D eigenvalue weighted by molar-refractivity contribution is 5.98. The topological polar surface area (TPSA) is 81.4 Å². The number of ether oxygens (including phenoxy) is 1. The zero-order chi connectivity index (χ0) is 14.3. The van der Waals surface area contributed by atoms with Gasteiger partial charge in [-0.05, 0) is 37.5 Å². The summed E-state index contributed by atoms with van der Waals surface area (Å²) in [5.74, 6) is -0.561. The number of methoxy groups -OCH3 is 1. The first-order chi connectivity index (χ1) is 9.06. The molecule has 5 heteroatoms. The predicted molar refractivity (Wildman–Crippen MR) is 74.1 cm³/mol. The van der Waals surface area contributed by atoms with Gasteiger partial charge in [-0.3, -0.25) is 9.59 Å². The van der Waals surface area contributed by atoms with E-state index in [-0.39, 0.29) is 5.91 Å². The molecule has 2 amide bonds. The van der Waals surface area contributed by atoms with Crippen molar-refractivity contribution in [2.75, 3.05) is 19.0 Å². The van der Waals surface area contributed by atoms with Gasteiger partial charge in [0.15, 0.2) is 0 Å². The van der Waals surface area contributed by atoms with E-state index in [0.29, 0.717) is 29.8 Å².